The highest BCUT2D eigenvalue weighted by Gasteiger charge is 2.21. The molecule has 1 aliphatic rings. The van der Waals surface area contributed by atoms with Crippen molar-refractivity contribution in [2.75, 3.05) is 52.3 Å². The van der Waals surface area contributed by atoms with Gasteiger partial charge in [-0.25, -0.2) is 0 Å². The average Bonchev–Trinajstić information content (AvgIpc) is 3.43. The lowest BCUT2D eigenvalue weighted by Crippen LogP contribution is -2.42. The number of carbonyl (C=O) groups excluding carboxylic acids is 1. The standard InChI is InChI=1S/C19H30N4O3.HI/c1-15(24)22-17-5-4-6-18(13-17)26-11-9-21-19(20-2)23(3)10-12-25-14-16-7-8-16;/h4-6,13,16H,7-12,14H2,1-3H3,(H,20,21)(H,22,24);1H. The third-order valence-corrected chi connectivity index (χ3v) is 4.00. The van der Waals surface area contributed by atoms with Crippen LogP contribution in [0.5, 0.6) is 5.75 Å². The number of carbonyl (C=O) groups is 1. The van der Waals surface area contributed by atoms with Gasteiger partial charge in [-0.1, -0.05) is 6.07 Å². The molecule has 0 saturated heterocycles. The molecule has 0 bridgehead atoms. The average molecular weight is 490 g/mol. The first kappa shape index (κ1) is 23.5. The number of hydrogen-bond donors (Lipinski definition) is 2. The molecule has 1 amide bonds. The van der Waals surface area contributed by atoms with Gasteiger partial charge in [0.2, 0.25) is 5.91 Å². The van der Waals surface area contributed by atoms with Crippen LogP contribution in [0.25, 0.3) is 0 Å². The molecule has 1 fully saturated rings. The topological polar surface area (TPSA) is 75.2 Å². The molecule has 0 radical (unpaired) electrons. The van der Waals surface area contributed by atoms with E-state index in [4.69, 9.17) is 9.47 Å². The van der Waals surface area contributed by atoms with Crippen LogP contribution >= 0.6 is 24.0 Å². The van der Waals surface area contributed by atoms with E-state index < -0.39 is 0 Å². The number of benzene rings is 1. The lowest BCUT2D eigenvalue weighted by atomic mass is 10.3. The Kier molecular flexibility index (Phi) is 11.1. The van der Waals surface area contributed by atoms with Crippen LogP contribution < -0.4 is 15.4 Å². The zero-order chi connectivity index (χ0) is 18.8. The zero-order valence-corrected chi connectivity index (χ0v) is 18.7. The molecule has 1 aliphatic carbocycles. The van der Waals surface area contributed by atoms with Gasteiger partial charge in [0.15, 0.2) is 5.96 Å². The Balaban J connectivity index is 0.00000364. The Labute approximate surface area is 178 Å². The summed E-state index contributed by atoms with van der Waals surface area (Å²) in [5.41, 5.74) is 0.727. The van der Waals surface area contributed by atoms with Crippen molar-refractivity contribution in [3.8, 4) is 5.75 Å². The van der Waals surface area contributed by atoms with Crippen molar-refractivity contribution < 1.29 is 14.3 Å². The first-order valence-electron chi connectivity index (χ1n) is 9.08. The van der Waals surface area contributed by atoms with E-state index in [-0.39, 0.29) is 29.9 Å². The second kappa shape index (κ2) is 12.8. The molecule has 0 atom stereocenters. The number of ether oxygens (including phenoxy) is 2. The van der Waals surface area contributed by atoms with Crippen molar-refractivity contribution in [3.05, 3.63) is 24.3 Å². The third-order valence-electron chi connectivity index (χ3n) is 4.00. The van der Waals surface area contributed by atoms with Crippen LogP contribution in [0.2, 0.25) is 0 Å². The molecule has 0 heterocycles. The number of rotatable bonds is 10. The number of aliphatic imine (C=N–C) groups is 1. The molecular formula is C19H31IN4O3. The van der Waals surface area contributed by atoms with Gasteiger partial charge in [0.25, 0.3) is 0 Å². The molecule has 0 unspecified atom stereocenters. The van der Waals surface area contributed by atoms with E-state index in [1.807, 2.05) is 30.1 Å². The Morgan fingerprint density at radius 2 is 2.11 bits per heavy atom. The van der Waals surface area contributed by atoms with Gasteiger partial charge in [0.05, 0.1) is 13.2 Å². The maximum absolute atomic E-state index is 11.1. The molecule has 0 spiro atoms. The van der Waals surface area contributed by atoms with Crippen LogP contribution in [0.15, 0.2) is 29.3 Å². The first-order valence-corrected chi connectivity index (χ1v) is 9.08. The van der Waals surface area contributed by atoms with E-state index in [0.29, 0.717) is 19.8 Å². The molecule has 2 N–H and O–H groups in total. The number of likely N-dealkylation sites (N-methyl/N-ethyl adjacent to an activating group) is 1. The lowest BCUT2D eigenvalue weighted by molar-refractivity contribution is -0.114. The molecule has 1 aromatic carbocycles. The second-order valence-electron chi connectivity index (χ2n) is 6.47. The molecule has 7 nitrogen and oxygen atoms in total. The monoisotopic (exact) mass is 490 g/mol. The fraction of sp³-hybridized carbons (Fsp3) is 0.579. The van der Waals surface area contributed by atoms with Crippen molar-refractivity contribution in [3.63, 3.8) is 0 Å². The molecule has 1 aromatic rings. The maximum Gasteiger partial charge on any atom is 0.221 e. The van der Waals surface area contributed by atoms with E-state index in [9.17, 15) is 4.79 Å². The summed E-state index contributed by atoms with van der Waals surface area (Å²) < 4.78 is 11.4. The quantitative estimate of drug-likeness (QED) is 0.228. The minimum atomic E-state index is -0.100. The summed E-state index contributed by atoms with van der Waals surface area (Å²) in [6.45, 7) is 4.99. The van der Waals surface area contributed by atoms with Crippen LogP contribution in [-0.4, -0.2) is 63.8 Å². The van der Waals surface area contributed by atoms with Crippen molar-refractivity contribution in [2.45, 2.75) is 19.8 Å². The number of nitrogens with zero attached hydrogens (tertiary/aromatic N) is 2. The van der Waals surface area contributed by atoms with Crippen LogP contribution in [-0.2, 0) is 9.53 Å². The van der Waals surface area contributed by atoms with Crippen molar-refractivity contribution >= 4 is 41.5 Å². The fourth-order valence-corrected chi connectivity index (χ4v) is 2.43. The highest BCUT2D eigenvalue weighted by Crippen LogP contribution is 2.28. The molecule has 1 saturated carbocycles. The smallest absolute Gasteiger partial charge is 0.221 e. The normalized spacial score (nSPS) is 13.5. The van der Waals surface area contributed by atoms with Gasteiger partial charge in [-0.2, -0.15) is 0 Å². The second-order valence-corrected chi connectivity index (χ2v) is 6.47. The Morgan fingerprint density at radius 1 is 1.33 bits per heavy atom. The Bertz CT molecular complexity index is 608. The molecule has 0 aliphatic heterocycles. The van der Waals surface area contributed by atoms with Crippen molar-refractivity contribution in [2.24, 2.45) is 10.9 Å². The van der Waals surface area contributed by atoms with Gasteiger partial charge in [-0.05, 0) is 30.9 Å². The van der Waals surface area contributed by atoms with Gasteiger partial charge in [-0.15, -0.1) is 24.0 Å². The van der Waals surface area contributed by atoms with E-state index >= 15 is 0 Å². The number of halogens is 1. The predicted octanol–water partition coefficient (Wildman–Crippen LogP) is 2.58. The number of guanidine groups is 1. The fourth-order valence-electron chi connectivity index (χ4n) is 2.43. The number of hydrogen-bond acceptors (Lipinski definition) is 4. The van der Waals surface area contributed by atoms with E-state index in [0.717, 1.165) is 36.5 Å². The summed E-state index contributed by atoms with van der Waals surface area (Å²) >= 11 is 0. The van der Waals surface area contributed by atoms with E-state index in [2.05, 4.69) is 15.6 Å². The van der Waals surface area contributed by atoms with Crippen LogP contribution in [0.3, 0.4) is 0 Å². The summed E-state index contributed by atoms with van der Waals surface area (Å²) in [7, 11) is 3.76. The SMILES string of the molecule is CN=C(NCCOc1cccc(NC(C)=O)c1)N(C)CCOCC1CC1.I. The van der Waals surface area contributed by atoms with Gasteiger partial charge >= 0.3 is 0 Å². The highest BCUT2D eigenvalue weighted by atomic mass is 127. The molecule has 8 heteroatoms. The molecule has 27 heavy (non-hydrogen) atoms. The Morgan fingerprint density at radius 3 is 2.78 bits per heavy atom. The lowest BCUT2D eigenvalue weighted by Gasteiger charge is -2.22. The predicted molar refractivity (Wildman–Crippen MR) is 119 cm³/mol. The summed E-state index contributed by atoms with van der Waals surface area (Å²) in [5.74, 6) is 2.22. The molecular weight excluding hydrogens is 459 g/mol. The minimum Gasteiger partial charge on any atom is -0.492 e. The van der Waals surface area contributed by atoms with Crippen LogP contribution in [0.4, 0.5) is 5.69 Å². The number of nitrogens with one attached hydrogen (secondary N) is 2. The first-order chi connectivity index (χ1) is 12.6. The van der Waals surface area contributed by atoms with Gasteiger partial charge < -0.3 is 25.0 Å². The minimum absolute atomic E-state index is 0. The number of amides is 1. The van der Waals surface area contributed by atoms with Gasteiger partial charge in [-0.3, -0.25) is 9.79 Å². The summed E-state index contributed by atoms with van der Waals surface area (Å²) in [6, 6.07) is 7.35. The van der Waals surface area contributed by atoms with Crippen LogP contribution in [0.1, 0.15) is 19.8 Å². The molecule has 0 aromatic heterocycles. The summed E-state index contributed by atoms with van der Waals surface area (Å²) in [4.78, 5) is 17.4. The molecule has 2 rings (SSSR count). The Hall–Kier alpha value is -1.55. The maximum atomic E-state index is 11.1. The van der Waals surface area contributed by atoms with Crippen LogP contribution in [0, 0.1) is 5.92 Å². The van der Waals surface area contributed by atoms with Gasteiger partial charge in [0, 0.05) is 45.9 Å². The van der Waals surface area contributed by atoms with E-state index in [1.165, 1.54) is 19.8 Å². The van der Waals surface area contributed by atoms with Crippen molar-refractivity contribution in [1.82, 2.24) is 10.2 Å². The summed E-state index contributed by atoms with van der Waals surface area (Å²) in [5, 5.41) is 6.01. The van der Waals surface area contributed by atoms with E-state index in [1.54, 1.807) is 13.1 Å². The zero-order valence-electron chi connectivity index (χ0n) is 16.4. The third kappa shape index (κ3) is 9.81. The van der Waals surface area contributed by atoms with Gasteiger partial charge in [0.1, 0.15) is 12.4 Å². The summed E-state index contributed by atoms with van der Waals surface area (Å²) in [6.07, 6.45) is 2.62. The van der Waals surface area contributed by atoms with Crippen molar-refractivity contribution in [1.29, 1.82) is 0 Å². The number of anilines is 1. The molecule has 152 valence electrons. The highest BCUT2D eigenvalue weighted by molar-refractivity contribution is 14.0. The largest absolute Gasteiger partial charge is 0.492 e.